The number of amides is 1. The van der Waals surface area contributed by atoms with E-state index in [1.54, 1.807) is 29.0 Å². The molecular weight excluding hydrogens is 404 g/mol. The molecular formula is C18H19F2N5OS2. The molecule has 1 saturated heterocycles. The van der Waals surface area contributed by atoms with Crippen molar-refractivity contribution in [2.75, 3.05) is 18.4 Å². The van der Waals surface area contributed by atoms with Gasteiger partial charge in [-0.1, -0.05) is 12.1 Å². The summed E-state index contributed by atoms with van der Waals surface area (Å²) >= 11 is 6.71. The summed E-state index contributed by atoms with van der Waals surface area (Å²) in [5.74, 6) is -0.228. The van der Waals surface area contributed by atoms with Crippen LogP contribution in [0.1, 0.15) is 19.4 Å². The number of piperidine rings is 1. The predicted octanol–water partition coefficient (Wildman–Crippen LogP) is 4.33. The number of halogens is 2. The van der Waals surface area contributed by atoms with Crippen molar-refractivity contribution < 1.29 is 13.6 Å². The number of anilines is 1. The van der Waals surface area contributed by atoms with Crippen LogP contribution in [0.2, 0.25) is 0 Å². The minimum atomic E-state index is -2.70. The number of carbonyl (C=O) groups excluding carboxylic acids is 1. The molecule has 0 aliphatic carbocycles. The monoisotopic (exact) mass is 423 g/mol. The van der Waals surface area contributed by atoms with E-state index in [9.17, 15) is 13.6 Å². The van der Waals surface area contributed by atoms with Gasteiger partial charge in [-0.05, 0) is 43.7 Å². The maximum absolute atomic E-state index is 13.5. The van der Waals surface area contributed by atoms with Gasteiger partial charge in [0.1, 0.15) is 0 Å². The molecule has 0 unspecified atom stereocenters. The second-order valence-corrected chi connectivity index (χ2v) is 7.99. The third-order valence-electron chi connectivity index (χ3n) is 4.94. The predicted molar refractivity (Wildman–Crippen MR) is 107 cm³/mol. The summed E-state index contributed by atoms with van der Waals surface area (Å²) in [6.07, 6.45) is 3.29. The number of nitrogens with zero attached hydrogens (tertiary/aromatic N) is 4. The van der Waals surface area contributed by atoms with Crippen LogP contribution in [0.25, 0.3) is 11.0 Å². The molecule has 0 bridgehead atoms. The molecule has 3 heterocycles. The normalized spacial score (nSPS) is 18.0. The molecule has 1 fully saturated rings. The number of likely N-dealkylation sites (tertiary alicyclic amines) is 1. The quantitative estimate of drug-likeness (QED) is 0.621. The van der Waals surface area contributed by atoms with E-state index in [0.717, 1.165) is 24.0 Å². The van der Waals surface area contributed by atoms with Crippen molar-refractivity contribution in [1.82, 2.24) is 19.0 Å². The van der Waals surface area contributed by atoms with Crippen molar-refractivity contribution in [3.8, 4) is 0 Å². The fourth-order valence-corrected chi connectivity index (χ4v) is 4.51. The first-order chi connectivity index (χ1) is 13.5. The van der Waals surface area contributed by atoms with Crippen LogP contribution in [0.15, 0.2) is 35.8 Å². The number of fused-ring (bicyclic) bond motifs is 1. The number of rotatable bonds is 5. The first-order valence-electron chi connectivity index (χ1n) is 8.95. The molecule has 0 spiro atoms. The Hall–Kier alpha value is -2.17. The Labute approximate surface area is 169 Å². The van der Waals surface area contributed by atoms with Gasteiger partial charge in [0.25, 0.3) is 0 Å². The van der Waals surface area contributed by atoms with Gasteiger partial charge in [0.2, 0.25) is 5.91 Å². The third kappa shape index (κ3) is 3.71. The molecule has 1 aliphatic heterocycles. The standard InChI is InChI=1S/C18H19F2N5OS2/c19-16(20)25-14-6-2-1-5-13(14)24(18(25)27)11-23-8-3-4-12(10-23)15(26)22-17-21-7-9-28-17/h1-2,5-7,9,12,16H,3-4,8,10-11H2,(H,21,22,26)/t12-/m1/s1. The number of carbonyl (C=O) groups is 1. The van der Waals surface area contributed by atoms with Crippen molar-refractivity contribution in [2.45, 2.75) is 26.1 Å². The lowest BCUT2D eigenvalue weighted by atomic mass is 9.97. The topological polar surface area (TPSA) is 55.1 Å². The number of imidazole rings is 1. The van der Waals surface area contributed by atoms with Gasteiger partial charge < -0.3 is 9.88 Å². The molecule has 3 aromatic rings. The van der Waals surface area contributed by atoms with Gasteiger partial charge in [-0.2, -0.15) is 8.78 Å². The highest BCUT2D eigenvalue weighted by atomic mass is 32.1. The number of alkyl halides is 2. The van der Waals surface area contributed by atoms with Gasteiger partial charge >= 0.3 is 6.55 Å². The number of hydrogen-bond acceptors (Lipinski definition) is 5. The molecule has 1 aliphatic rings. The molecule has 1 amide bonds. The minimum absolute atomic E-state index is 0.0572. The zero-order valence-electron chi connectivity index (χ0n) is 14.9. The second-order valence-electron chi connectivity index (χ2n) is 6.73. The fourth-order valence-electron chi connectivity index (χ4n) is 3.65. The second kappa shape index (κ2) is 8.06. The van der Waals surface area contributed by atoms with Gasteiger partial charge in [0.05, 0.1) is 23.6 Å². The number of hydrogen-bond donors (Lipinski definition) is 1. The Morgan fingerprint density at radius 3 is 2.86 bits per heavy atom. The molecule has 4 rings (SSSR count). The van der Waals surface area contributed by atoms with Crippen molar-refractivity contribution in [2.24, 2.45) is 5.92 Å². The molecule has 6 nitrogen and oxygen atoms in total. The Kier molecular flexibility index (Phi) is 5.51. The third-order valence-corrected chi connectivity index (χ3v) is 6.05. The zero-order chi connectivity index (χ0) is 19.7. The van der Waals surface area contributed by atoms with Gasteiger partial charge in [-0.3, -0.25) is 14.3 Å². The van der Waals surface area contributed by atoms with Crippen LogP contribution in [0, 0.1) is 10.7 Å². The van der Waals surface area contributed by atoms with Gasteiger partial charge in [-0.25, -0.2) is 4.98 Å². The van der Waals surface area contributed by atoms with Crippen LogP contribution >= 0.6 is 23.6 Å². The van der Waals surface area contributed by atoms with Crippen molar-refractivity contribution >= 4 is 45.6 Å². The highest BCUT2D eigenvalue weighted by molar-refractivity contribution is 7.71. The summed E-state index contributed by atoms with van der Waals surface area (Å²) in [6, 6.07) is 6.97. The maximum Gasteiger partial charge on any atom is 0.321 e. The molecule has 1 atom stereocenters. The van der Waals surface area contributed by atoms with Crippen molar-refractivity contribution in [3.05, 3.63) is 40.6 Å². The number of benzene rings is 1. The average molecular weight is 424 g/mol. The van der Waals surface area contributed by atoms with E-state index in [0.29, 0.717) is 29.4 Å². The molecule has 148 valence electrons. The highest BCUT2D eigenvalue weighted by Crippen LogP contribution is 2.26. The molecule has 10 heteroatoms. The lowest BCUT2D eigenvalue weighted by Gasteiger charge is -2.32. The van der Waals surface area contributed by atoms with Crippen molar-refractivity contribution in [3.63, 3.8) is 0 Å². The van der Waals surface area contributed by atoms with Crippen molar-refractivity contribution in [1.29, 1.82) is 0 Å². The summed E-state index contributed by atoms with van der Waals surface area (Å²) in [4.78, 5) is 18.7. The summed E-state index contributed by atoms with van der Waals surface area (Å²) in [7, 11) is 0. The number of nitrogens with one attached hydrogen (secondary N) is 1. The first kappa shape index (κ1) is 19.2. The van der Waals surface area contributed by atoms with Crippen LogP contribution in [0.3, 0.4) is 0 Å². The van der Waals surface area contributed by atoms with Gasteiger partial charge in [0, 0.05) is 18.1 Å². The van der Waals surface area contributed by atoms with E-state index in [1.165, 1.54) is 11.3 Å². The average Bonchev–Trinajstić information content (AvgIpc) is 3.28. The van der Waals surface area contributed by atoms with E-state index in [-0.39, 0.29) is 16.6 Å². The van der Waals surface area contributed by atoms with Crippen LogP contribution < -0.4 is 5.32 Å². The van der Waals surface area contributed by atoms with E-state index >= 15 is 0 Å². The molecule has 1 aromatic carbocycles. The zero-order valence-corrected chi connectivity index (χ0v) is 16.6. The molecule has 0 radical (unpaired) electrons. The van der Waals surface area contributed by atoms with Crippen LogP contribution in [-0.2, 0) is 11.5 Å². The van der Waals surface area contributed by atoms with Gasteiger partial charge in [0.15, 0.2) is 9.90 Å². The number of para-hydroxylation sites is 2. The Balaban J connectivity index is 1.54. The summed E-state index contributed by atoms with van der Waals surface area (Å²) in [5.41, 5.74) is 1.08. The Bertz CT molecular complexity index is 1030. The lowest BCUT2D eigenvalue weighted by Crippen LogP contribution is -2.41. The molecule has 28 heavy (non-hydrogen) atoms. The van der Waals surface area contributed by atoms with E-state index < -0.39 is 6.55 Å². The van der Waals surface area contributed by atoms with E-state index in [2.05, 4.69) is 15.2 Å². The van der Waals surface area contributed by atoms with Crippen LogP contribution in [0.5, 0.6) is 0 Å². The number of thiazole rings is 1. The highest BCUT2D eigenvalue weighted by Gasteiger charge is 2.27. The lowest BCUT2D eigenvalue weighted by molar-refractivity contribution is -0.121. The largest absolute Gasteiger partial charge is 0.321 e. The summed E-state index contributed by atoms with van der Waals surface area (Å²) < 4.78 is 29.7. The fraction of sp³-hybridized carbons (Fsp3) is 0.389. The smallest absolute Gasteiger partial charge is 0.303 e. The SMILES string of the molecule is O=C(Nc1nccs1)[C@@H]1CCCN(Cn2c(=S)n(C(F)F)c3ccccc32)C1. The first-order valence-corrected chi connectivity index (χ1v) is 10.2. The van der Waals surface area contributed by atoms with E-state index in [4.69, 9.17) is 12.2 Å². The van der Waals surface area contributed by atoms with Crippen LogP contribution in [-0.4, -0.2) is 38.0 Å². The Morgan fingerprint density at radius 2 is 2.14 bits per heavy atom. The minimum Gasteiger partial charge on any atom is -0.303 e. The van der Waals surface area contributed by atoms with Gasteiger partial charge in [-0.15, -0.1) is 11.3 Å². The Morgan fingerprint density at radius 1 is 1.36 bits per heavy atom. The maximum atomic E-state index is 13.5. The number of aromatic nitrogens is 3. The molecule has 2 aromatic heterocycles. The molecule has 1 N–H and O–H groups in total. The van der Waals surface area contributed by atoms with E-state index in [1.807, 2.05) is 11.4 Å². The van der Waals surface area contributed by atoms with Crippen LogP contribution in [0.4, 0.5) is 13.9 Å². The summed E-state index contributed by atoms with van der Waals surface area (Å²) in [6.45, 7) is -0.985. The summed E-state index contributed by atoms with van der Waals surface area (Å²) in [5, 5.41) is 5.24. The molecule has 0 saturated carbocycles.